The van der Waals surface area contributed by atoms with Gasteiger partial charge in [0, 0.05) is 6.04 Å². The Morgan fingerprint density at radius 3 is 2.63 bits per heavy atom. The molecule has 5 nitrogen and oxygen atoms in total. The van der Waals surface area contributed by atoms with Crippen LogP contribution in [0.1, 0.15) is 33.0 Å². The van der Waals surface area contributed by atoms with E-state index in [1.165, 1.54) is 6.07 Å². The third kappa shape index (κ3) is 4.71. The van der Waals surface area contributed by atoms with Crippen LogP contribution in [0.2, 0.25) is 0 Å². The molecule has 0 aliphatic rings. The van der Waals surface area contributed by atoms with Crippen molar-refractivity contribution < 1.29 is 12.8 Å². The minimum Gasteiger partial charge on any atom is -0.447 e. The zero-order valence-electron chi connectivity index (χ0n) is 11.4. The standard InChI is InChI=1S/C13H20N2O3S/c1-5-11(6-2)15-19(16,17)13-8-7-12(18-13)9-14-10(3)4/h1,7-8,10-11,14-15H,6,9H2,2-4H3. The summed E-state index contributed by atoms with van der Waals surface area (Å²) >= 11 is 0. The van der Waals surface area contributed by atoms with Crippen LogP contribution in [0.5, 0.6) is 0 Å². The smallest absolute Gasteiger partial charge is 0.275 e. The van der Waals surface area contributed by atoms with Crippen LogP contribution in [0.3, 0.4) is 0 Å². The van der Waals surface area contributed by atoms with E-state index in [1.54, 1.807) is 6.07 Å². The number of terminal acetylenes is 1. The highest BCUT2D eigenvalue weighted by molar-refractivity contribution is 7.89. The van der Waals surface area contributed by atoms with E-state index < -0.39 is 16.1 Å². The van der Waals surface area contributed by atoms with Gasteiger partial charge in [-0.05, 0) is 18.6 Å². The van der Waals surface area contributed by atoms with Crippen molar-refractivity contribution in [3.63, 3.8) is 0 Å². The van der Waals surface area contributed by atoms with E-state index in [-0.39, 0.29) is 5.09 Å². The first-order valence-corrected chi connectivity index (χ1v) is 7.68. The van der Waals surface area contributed by atoms with Gasteiger partial charge in [0.25, 0.3) is 10.0 Å². The van der Waals surface area contributed by atoms with Crippen molar-refractivity contribution in [3.8, 4) is 12.3 Å². The summed E-state index contributed by atoms with van der Waals surface area (Å²) in [5.41, 5.74) is 0. The number of sulfonamides is 1. The summed E-state index contributed by atoms with van der Waals surface area (Å²) in [6, 6.07) is 2.85. The second kappa shape index (κ2) is 6.75. The van der Waals surface area contributed by atoms with Crippen molar-refractivity contribution in [2.75, 3.05) is 0 Å². The van der Waals surface area contributed by atoms with Gasteiger partial charge in [0.1, 0.15) is 5.76 Å². The molecule has 0 saturated heterocycles. The van der Waals surface area contributed by atoms with Crippen LogP contribution >= 0.6 is 0 Å². The Morgan fingerprint density at radius 1 is 1.42 bits per heavy atom. The second-order valence-electron chi connectivity index (χ2n) is 4.51. The highest BCUT2D eigenvalue weighted by Gasteiger charge is 2.21. The third-order valence-electron chi connectivity index (χ3n) is 2.49. The Bertz CT molecular complexity index is 540. The largest absolute Gasteiger partial charge is 0.447 e. The first-order valence-electron chi connectivity index (χ1n) is 6.19. The fourth-order valence-corrected chi connectivity index (χ4v) is 2.57. The molecule has 1 rings (SSSR count). The fourth-order valence-electron chi connectivity index (χ4n) is 1.38. The number of nitrogens with one attached hydrogen (secondary N) is 2. The van der Waals surface area contributed by atoms with Crippen LogP contribution in [-0.4, -0.2) is 20.5 Å². The molecular formula is C13H20N2O3S. The van der Waals surface area contributed by atoms with E-state index in [9.17, 15) is 8.42 Å². The van der Waals surface area contributed by atoms with Crippen molar-refractivity contribution >= 4 is 10.0 Å². The van der Waals surface area contributed by atoms with Gasteiger partial charge in [0.15, 0.2) is 0 Å². The van der Waals surface area contributed by atoms with Crippen molar-refractivity contribution in [1.82, 2.24) is 10.0 Å². The van der Waals surface area contributed by atoms with Crippen molar-refractivity contribution in [2.24, 2.45) is 0 Å². The van der Waals surface area contributed by atoms with Crippen LogP contribution in [0.4, 0.5) is 0 Å². The number of furan rings is 1. The lowest BCUT2D eigenvalue weighted by Crippen LogP contribution is -2.33. The average Bonchev–Trinajstić information content (AvgIpc) is 2.83. The molecule has 1 aromatic rings. The molecular weight excluding hydrogens is 264 g/mol. The summed E-state index contributed by atoms with van der Waals surface area (Å²) in [5.74, 6) is 2.95. The topological polar surface area (TPSA) is 71.3 Å². The maximum absolute atomic E-state index is 12.0. The fraction of sp³-hybridized carbons (Fsp3) is 0.538. The predicted octanol–water partition coefficient (Wildman–Crippen LogP) is 1.47. The predicted molar refractivity (Wildman–Crippen MR) is 73.9 cm³/mol. The van der Waals surface area contributed by atoms with Crippen LogP contribution in [-0.2, 0) is 16.6 Å². The van der Waals surface area contributed by atoms with Crippen LogP contribution in [0.15, 0.2) is 21.6 Å². The van der Waals surface area contributed by atoms with E-state index in [0.29, 0.717) is 24.8 Å². The lowest BCUT2D eigenvalue weighted by molar-refractivity contribution is 0.392. The van der Waals surface area contributed by atoms with Gasteiger partial charge in [0.2, 0.25) is 5.09 Å². The van der Waals surface area contributed by atoms with Gasteiger partial charge in [-0.1, -0.05) is 26.7 Å². The summed E-state index contributed by atoms with van der Waals surface area (Å²) in [6.45, 7) is 6.30. The summed E-state index contributed by atoms with van der Waals surface area (Å²) in [5, 5.41) is 3.04. The minimum absolute atomic E-state index is 0.109. The van der Waals surface area contributed by atoms with E-state index >= 15 is 0 Å². The SMILES string of the molecule is C#CC(CC)NS(=O)(=O)c1ccc(CNC(C)C)o1. The van der Waals surface area contributed by atoms with Crippen molar-refractivity contribution in [1.29, 1.82) is 0 Å². The number of hydrogen-bond donors (Lipinski definition) is 2. The summed E-state index contributed by atoms with van der Waals surface area (Å²) in [7, 11) is -3.69. The van der Waals surface area contributed by atoms with Gasteiger partial charge in [-0.25, -0.2) is 8.42 Å². The van der Waals surface area contributed by atoms with Gasteiger partial charge in [0.05, 0.1) is 12.6 Å². The molecule has 0 fully saturated rings. The first-order chi connectivity index (χ1) is 8.89. The van der Waals surface area contributed by atoms with Gasteiger partial charge in [-0.3, -0.25) is 0 Å². The van der Waals surface area contributed by atoms with Crippen LogP contribution in [0, 0.1) is 12.3 Å². The maximum atomic E-state index is 12.0. The molecule has 6 heteroatoms. The Balaban J connectivity index is 2.77. The van der Waals surface area contributed by atoms with Crippen LogP contribution in [0.25, 0.3) is 0 Å². The normalized spacial score (nSPS) is 13.4. The molecule has 0 spiro atoms. The molecule has 1 aromatic heterocycles. The zero-order valence-corrected chi connectivity index (χ0v) is 12.3. The van der Waals surface area contributed by atoms with Crippen molar-refractivity contribution in [2.45, 2.75) is 50.9 Å². The van der Waals surface area contributed by atoms with E-state index in [4.69, 9.17) is 10.8 Å². The first kappa shape index (κ1) is 15.8. The Hall–Kier alpha value is -1.29. The summed E-state index contributed by atoms with van der Waals surface area (Å²) in [6.07, 6.45) is 5.76. The average molecular weight is 284 g/mol. The number of rotatable bonds is 7. The quantitative estimate of drug-likeness (QED) is 0.744. The third-order valence-corrected chi connectivity index (χ3v) is 3.84. The molecule has 0 bridgehead atoms. The highest BCUT2D eigenvalue weighted by Crippen LogP contribution is 2.14. The van der Waals surface area contributed by atoms with E-state index in [2.05, 4.69) is 16.0 Å². The van der Waals surface area contributed by atoms with Gasteiger partial charge in [-0.2, -0.15) is 4.72 Å². The molecule has 1 unspecified atom stereocenters. The summed E-state index contributed by atoms with van der Waals surface area (Å²) < 4.78 is 31.7. The Labute approximate surface area is 114 Å². The lowest BCUT2D eigenvalue weighted by atomic mass is 10.3. The van der Waals surface area contributed by atoms with Crippen molar-refractivity contribution in [3.05, 3.63) is 17.9 Å². The summed E-state index contributed by atoms with van der Waals surface area (Å²) in [4.78, 5) is 0. The van der Waals surface area contributed by atoms with E-state index in [1.807, 2.05) is 20.8 Å². The Kier molecular flexibility index (Phi) is 5.60. The molecule has 1 heterocycles. The maximum Gasteiger partial charge on any atom is 0.275 e. The molecule has 1 atom stereocenters. The molecule has 0 saturated carbocycles. The molecule has 19 heavy (non-hydrogen) atoms. The molecule has 0 radical (unpaired) electrons. The van der Waals surface area contributed by atoms with Crippen LogP contribution < -0.4 is 10.0 Å². The van der Waals surface area contributed by atoms with Gasteiger partial charge in [-0.15, -0.1) is 6.42 Å². The minimum atomic E-state index is -3.69. The molecule has 0 aromatic carbocycles. The number of hydrogen-bond acceptors (Lipinski definition) is 4. The van der Waals surface area contributed by atoms with E-state index in [0.717, 1.165) is 0 Å². The molecule has 0 aliphatic carbocycles. The molecule has 0 amide bonds. The molecule has 2 N–H and O–H groups in total. The lowest BCUT2D eigenvalue weighted by Gasteiger charge is -2.09. The second-order valence-corrected chi connectivity index (χ2v) is 6.15. The highest BCUT2D eigenvalue weighted by atomic mass is 32.2. The van der Waals surface area contributed by atoms with Gasteiger partial charge < -0.3 is 9.73 Å². The van der Waals surface area contributed by atoms with Gasteiger partial charge >= 0.3 is 0 Å². The monoisotopic (exact) mass is 284 g/mol. The zero-order chi connectivity index (χ0) is 14.5. The molecule has 0 aliphatic heterocycles. The Morgan fingerprint density at radius 2 is 2.11 bits per heavy atom. The molecule has 106 valence electrons.